The van der Waals surface area contributed by atoms with Crippen molar-refractivity contribution in [3.63, 3.8) is 0 Å². The molecule has 7 heteroatoms. The van der Waals surface area contributed by atoms with E-state index in [1.165, 1.54) is 12.8 Å². The van der Waals surface area contributed by atoms with E-state index in [-0.39, 0.29) is 0 Å². The number of piperidine rings is 1. The van der Waals surface area contributed by atoms with Gasteiger partial charge in [-0.05, 0) is 60.4 Å². The number of aromatic amines is 1. The van der Waals surface area contributed by atoms with Crippen molar-refractivity contribution < 1.29 is 4.42 Å². The number of halogens is 1. The molecule has 3 heterocycles. The van der Waals surface area contributed by atoms with E-state index in [4.69, 9.17) is 4.42 Å². The molecule has 0 aromatic carbocycles. The van der Waals surface area contributed by atoms with Gasteiger partial charge in [-0.1, -0.05) is 0 Å². The molecule has 108 valence electrons. The fourth-order valence-electron chi connectivity index (χ4n) is 2.57. The number of hydrogen-bond acceptors (Lipinski definition) is 5. The molecule has 1 saturated heterocycles. The van der Waals surface area contributed by atoms with Gasteiger partial charge < -0.3 is 14.6 Å². The van der Waals surface area contributed by atoms with E-state index in [0.29, 0.717) is 16.3 Å². The average molecular weight is 340 g/mol. The molecule has 1 fully saturated rings. The minimum atomic E-state index is 0.669. The molecule has 0 unspecified atom stereocenters. The van der Waals surface area contributed by atoms with Crippen molar-refractivity contribution in [1.29, 1.82) is 0 Å². The van der Waals surface area contributed by atoms with Gasteiger partial charge in [0.25, 0.3) is 0 Å². The second-order valence-electron chi connectivity index (χ2n) is 5.08. The molecule has 1 aliphatic heterocycles. The van der Waals surface area contributed by atoms with Crippen LogP contribution in [-0.4, -0.2) is 41.9 Å². The summed E-state index contributed by atoms with van der Waals surface area (Å²) >= 11 is 3.29. The van der Waals surface area contributed by atoms with Crippen molar-refractivity contribution in [3.05, 3.63) is 16.8 Å². The largest absolute Gasteiger partial charge is 0.446 e. The Hall–Kier alpha value is -1.34. The summed E-state index contributed by atoms with van der Waals surface area (Å²) in [6, 6.07) is 3.72. The van der Waals surface area contributed by atoms with Gasteiger partial charge in [-0.2, -0.15) is 4.98 Å². The van der Waals surface area contributed by atoms with Crippen LogP contribution in [0, 0.1) is 5.92 Å². The van der Waals surface area contributed by atoms with Gasteiger partial charge in [-0.15, -0.1) is 5.10 Å². The quantitative estimate of drug-likeness (QED) is 0.894. The smallest absolute Gasteiger partial charge is 0.245 e. The lowest BCUT2D eigenvalue weighted by Crippen LogP contribution is -2.37. The van der Waals surface area contributed by atoms with Gasteiger partial charge in [0, 0.05) is 13.1 Å². The SMILES string of the molecule is CNCC1CCN(c2n[nH]c(-c3ccc(Br)o3)n2)CC1. The van der Waals surface area contributed by atoms with Crippen molar-refractivity contribution in [1.82, 2.24) is 20.5 Å². The predicted octanol–water partition coefficient (Wildman–Crippen LogP) is 2.26. The van der Waals surface area contributed by atoms with Gasteiger partial charge in [0.05, 0.1) is 0 Å². The van der Waals surface area contributed by atoms with Crippen LogP contribution in [0.3, 0.4) is 0 Å². The van der Waals surface area contributed by atoms with E-state index in [0.717, 1.165) is 31.5 Å². The van der Waals surface area contributed by atoms with Gasteiger partial charge in [0.15, 0.2) is 16.3 Å². The number of nitrogens with zero attached hydrogens (tertiary/aromatic N) is 3. The Morgan fingerprint density at radius 3 is 2.90 bits per heavy atom. The maximum absolute atomic E-state index is 5.48. The first kappa shape index (κ1) is 13.6. The maximum Gasteiger partial charge on any atom is 0.245 e. The lowest BCUT2D eigenvalue weighted by atomic mass is 9.97. The number of aromatic nitrogens is 3. The number of nitrogens with one attached hydrogen (secondary N) is 2. The van der Waals surface area contributed by atoms with Crippen LogP contribution in [0.1, 0.15) is 12.8 Å². The van der Waals surface area contributed by atoms with Crippen molar-refractivity contribution >= 4 is 21.9 Å². The highest BCUT2D eigenvalue weighted by molar-refractivity contribution is 9.10. The third kappa shape index (κ3) is 2.88. The maximum atomic E-state index is 5.48. The lowest BCUT2D eigenvalue weighted by molar-refractivity contribution is 0.391. The molecule has 2 aromatic heterocycles. The third-order valence-corrected chi connectivity index (χ3v) is 4.10. The normalized spacial score (nSPS) is 16.8. The van der Waals surface area contributed by atoms with Gasteiger partial charge >= 0.3 is 0 Å². The highest BCUT2D eigenvalue weighted by atomic mass is 79.9. The van der Waals surface area contributed by atoms with E-state index in [9.17, 15) is 0 Å². The molecule has 2 N–H and O–H groups in total. The standard InChI is InChI=1S/C13H18BrN5O/c1-15-8-9-4-6-19(7-5-9)13-16-12(17-18-13)10-2-3-11(14)20-10/h2-3,9,15H,4-8H2,1H3,(H,16,17,18). The van der Waals surface area contributed by atoms with Crippen LogP contribution < -0.4 is 10.2 Å². The Bertz CT molecular complexity index is 559. The Morgan fingerprint density at radius 1 is 1.45 bits per heavy atom. The molecule has 20 heavy (non-hydrogen) atoms. The van der Waals surface area contributed by atoms with Crippen molar-refractivity contribution in [2.24, 2.45) is 5.92 Å². The fourth-order valence-corrected chi connectivity index (χ4v) is 2.88. The summed E-state index contributed by atoms with van der Waals surface area (Å²) in [6.45, 7) is 3.10. The van der Waals surface area contributed by atoms with Crippen LogP contribution in [-0.2, 0) is 0 Å². The summed E-state index contributed by atoms with van der Waals surface area (Å²) in [4.78, 5) is 6.74. The van der Waals surface area contributed by atoms with Gasteiger partial charge in [0.1, 0.15) is 0 Å². The number of rotatable bonds is 4. The average Bonchev–Trinajstić information content (AvgIpc) is 3.09. The summed E-state index contributed by atoms with van der Waals surface area (Å²) in [5.74, 6) is 2.88. The summed E-state index contributed by atoms with van der Waals surface area (Å²) in [5, 5.41) is 10.5. The zero-order valence-corrected chi connectivity index (χ0v) is 13.0. The Morgan fingerprint density at radius 2 is 2.25 bits per heavy atom. The molecule has 0 bridgehead atoms. The van der Waals surface area contributed by atoms with Crippen molar-refractivity contribution in [2.75, 3.05) is 31.6 Å². The Kier molecular flexibility index (Phi) is 4.07. The zero-order valence-electron chi connectivity index (χ0n) is 11.4. The highest BCUT2D eigenvalue weighted by Crippen LogP contribution is 2.25. The molecule has 0 aliphatic carbocycles. The molecule has 6 nitrogen and oxygen atoms in total. The van der Waals surface area contributed by atoms with E-state index in [1.54, 1.807) is 0 Å². The second-order valence-corrected chi connectivity index (χ2v) is 5.86. The molecule has 0 saturated carbocycles. The van der Waals surface area contributed by atoms with Gasteiger partial charge in [0.2, 0.25) is 5.95 Å². The topological polar surface area (TPSA) is 70.0 Å². The van der Waals surface area contributed by atoms with E-state index in [1.807, 2.05) is 19.2 Å². The molecule has 0 radical (unpaired) electrons. The molecular formula is C13H18BrN5O. The molecule has 0 amide bonds. The summed E-state index contributed by atoms with van der Waals surface area (Å²) in [7, 11) is 2.01. The first-order chi connectivity index (χ1) is 9.76. The number of H-pyrrole nitrogens is 1. The number of anilines is 1. The second kappa shape index (κ2) is 5.97. The van der Waals surface area contributed by atoms with E-state index >= 15 is 0 Å². The summed E-state index contributed by atoms with van der Waals surface area (Å²) in [6.07, 6.45) is 2.36. The van der Waals surface area contributed by atoms with Crippen molar-refractivity contribution in [2.45, 2.75) is 12.8 Å². The first-order valence-corrected chi connectivity index (χ1v) is 7.63. The van der Waals surface area contributed by atoms with E-state index in [2.05, 4.69) is 41.3 Å². The molecule has 0 atom stereocenters. The monoisotopic (exact) mass is 339 g/mol. The van der Waals surface area contributed by atoms with Gasteiger partial charge in [-0.3, -0.25) is 5.10 Å². The molecular weight excluding hydrogens is 322 g/mol. The van der Waals surface area contributed by atoms with Crippen LogP contribution >= 0.6 is 15.9 Å². The third-order valence-electron chi connectivity index (χ3n) is 3.67. The summed E-state index contributed by atoms with van der Waals surface area (Å²) in [5.41, 5.74) is 0. The van der Waals surface area contributed by atoms with Crippen LogP contribution in [0.4, 0.5) is 5.95 Å². The number of furan rings is 1. The minimum Gasteiger partial charge on any atom is -0.446 e. The Labute approximate surface area is 126 Å². The van der Waals surface area contributed by atoms with Crippen molar-refractivity contribution in [3.8, 4) is 11.6 Å². The molecule has 3 rings (SSSR count). The van der Waals surface area contributed by atoms with Crippen LogP contribution in [0.15, 0.2) is 21.2 Å². The zero-order chi connectivity index (χ0) is 13.9. The fraction of sp³-hybridized carbons (Fsp3) is 0.538. The van der Waals surface area contributed by atoms with Crippen LogP contribution in [0.25, 0.3) is 11.6 Å². The predicted molar refractivity (Wildman–Crippen MR) is 80.6 cm³/mol. The highest BCUT2D eigenvalue weighted by Gasteiger charge is 2.22. The first-order valence-electron chi connectivity index (χ1n) is 6.84. The van der Waals surface area contributed by atoms with Crippen LogP contribution in [0.2, 0.25) is 0 Å². The lowest BCUT2D eigenvalue weighted by Gasteiger charge is -2.30. The molecule has 0 spiro atoms. The van der Waals surface area contributed by atoms with Gasteiger partial charge in [-0.25, -0.2) is 0 Å². The van der Waals surface area contributed by atoms with E-state index < -0.39 is 0 Å². The van der Waals surface area contributed by atoms with Crippen LogP contribution in [0.5, 0.6) is 0 Å². The minimum absolute atomic E-state index is 0.669. The number of hydrogen-bond donors (Lipinski definition) is 2. The summed E-state index contributed by atoms with van der Waals surface area (Å²) < 4.78 is 6.17. The Balaban J connectivity index is 1.66. The molecule has 2 aromatic rings. The molecule has 1 aliphatic rings.